The molecule has 8 aliphatic rings. The van der Waals surface area contributed by atoms with Crippen LogP contribution in [0.3, 0.4) is 0 Å². The molecule has 0 spiro atoms. The summed E-state index contributed by atoms with van der Waals surface area (Å²) in [5.41, 5.74) is 4.08. The van der Waals surface area contributed by atoms with E-state index in [1.165, 1.54) is 41.4 Å². The second-order valence-electron chi connectivity index (χ2n) is 33.5. The number of nitrogens with zero attached hydrogens (tertiary/aromatic N) is 8. The predicted molar refractivity (Wildman–Crippen MR) is 430 cm³/mol. The van der Waals surface area contributed by atoms with Gasteiger partial charge in [0, 0.05) is 79.4 Å². The van der Waals surface area contributed by atoms with Crippen molar-refractivity contribution in [2.75, 3.05) is 73.9 Å². The maximum Gasteiger partial charge on any atom is 0.410 e. The van der Waals surface area contributed by atoms with Crippen molar-refractivity contribution in [1.29, 1.82) is 0 Å². The van der Waals surface area contributed by atoms with Gasteiger partial charge in [-0.3, -0.25) is 53.0 Å². The van der Waals surface area contributed by atoms with Gasteiger partial charge in [0.1, 0.15) is 48.9 Å². The van der Waals surface area contributed by atoms with Gasteiger partial charge in [0.2, 0.25) is 23.6 Å². The molecule has 4 saturated carbocycles. The number of aromatic nitrogens is 4. The van der Waals surface area contributed by atoms with Crippen LogP contribution in [0, 0.1) is 29.1 Å². The molecular weight excluding hydrogens is 1600 g/mol. The third-order valence-electron chi connectivity index (χ3n) is 24.4. The number of carboxylic acid groups (broad SMARTS) is 2. The van der Waals surface area contributed by atoms with Crippen LogP contribution in [0.2, 0.25) is 0 Å². The average molecular weight is 1700 g/mol. The van der Waals surface area contributed by atoms with Crippen LogP contribution in [-0.2, 0) is 95.2 Å². The smallest absolute Gasteiger partial charge is 0.410 e. The highest BCUT2D eigenvalue weighted by molar-refractivity contribution is 7.85. The van der Waals surface area contributed by atoms with E-state index in [2.05, 4.69) is 40.1 Å². The number of carboxylic acids is 2. The molecule has 3 aromatic heterocycles. The molecule has 120 heavy (non-hydrogen) atoms. The van der Waals surface area contributed by atoms with Gasteiger partial charge in [-0.15, -0.1) is 0 Å². The molecule has 3 aromatic carbocycles. The Morgan fingerprint density at radius 3 is 2.30 bits per heavy atom. The lowest BCUT2D eigenvalue weighted by atomic mass is 9.60. The van der Waals surface area contributed by atoms with Gasteiger partial charge >= 0.3 is 18.0 Å². The molecule has 4 aliphatic heterocycles. The van der Waals surface area contributed by atoms with E-state index in [1.807, 2.05) is 52.9 Å². The molecule has 6 fully saturated rings. The molecule has 36 nitrogen and oxygen atoms in total. The first kappa shape index (κ1) is 87.6. The van der Waals surface area contributed by atoms with Crippen LogP contribution in [0.15, 0.2) is 91.1 Å². The Hall–Kier alpha value is -10.3. The first-order chi connectivity index (χ1) is 56.9. The highest BCUT2D eigenvalue weighted by Crippen LogP contribution is 2.77. The quantitative estimate of drug-likeness (QED) is 0.0153. The number of ether oxygens (including phenoxy) is 4. The topological polar surface area (TPSA) is 508 Å². The van der Waals surface area contributed by atoms with Crippen molar-refractivity contribution in [2.45, 2.75) is 192 Å². The van der Waals surface area contributed by atoms with Gasteiger partial charge in [0.15, 0.2) is 16.9 Å². The SMILES string of the molecule is Cc1c(-c2ccc(N3CCc4cccc(C(=O)Nc5nc6ccccc6s5)c4C3)nc2C(=O)O)cnn1CC12CC3(C)CC(C)(C1)C(OCCN(CC[C@H](O)CO)C(=O)OCc1ccc(NC(=O)[C@H](C)NC(=O)[C@@H](NC(=O)CN4C(=O)[C@@H](N5C(=O)C=CC5=O)C[C@H]4COCCS(=O)(=O)O)C(C)C)cc1CC[C@@H]1O[C@H](C(=O)O)[C@@H](O)[C@H](O)[C@H]1O)(C3)C2. The minimum Gasteiger partial charge on any atom is -0.479 e. The molecule has 14 atom stereocenters. The molecule has 7 heterocycles. The standard InChI is InChI=1S/C82H100N12O24S2/c1-44(2)65(88-62(97)34-92-51(37-115-28-29-120(112,113)114)31-58(74(92)106)94-63(98)20-21-64(94)99)73(105)84-45(3)71(103)85-50-16-14-49(48(30-50)15-18-59-67(100)68(101)69(102)70(118-59)76(109)110)36-116-78(111)90(25-23-52(96)35-95)26-27-117-82-40-79(5)38-80(82,6)41-81(39-79,42-82)43-93-46(4)55(32-83-93)53-17-19-61(87-66(53)75(107)108)91-24-22-47-10-9-11-54(56(47)33-91)72(104)89-77-86-57-12-7-8-13-60(57)119-77/h7-14,16-17,19-21,30,32,44-45,51-52,58-59,65,67-70,95-96,100-102H,15,18,22-29,31,33-43H2,1-6H3,(H,84,105)(H,85,103)(H,88,97)(H,107,108)(H,109,110)(H,86,89,104)(H,112,113,114)/t45-,51-,52-,58-,59-,65-,67-,68+,69-,70-,79?,80?,81?,82?/m0/s1. The summed E-state index contributed by atoms with van der Waals surface area (Å²) in [6.07, 6.45) is -3.42. The fourth-order valence-corrected chi connectivity index (χ4v) is 20.2. The summed E-state index contributed by atoms with van der Waals surface area (Å²) in [5.74, 6) is -8.95. The molecule has 14 rings (SSSR count). The fraction of sp³-hybridized carbons (Fsp3) is 0.524. The number of pyridine rings is 1. The van der Waals surface area contributed by atoms with Crippen LogP contribution >= 0.6 is 11.3 Å². The Labute approximate surface area is 694 Å². The lowest BCUT2D eigenvalue weighted by Gasteiger charge is -2.46. The summed E-state index contributed by atoms with van der Waals surface area (Å²) in [5, 5.41) is 89.7. The lowest BCUT2D eigenvalue weighted by Crippen LogP contribution is -2.59. The molecule has 2 saturated heterocycles. The summed E-state index contributed by atoms with van der Waals surface area (Å²) < 4.78 is 59.0. The maximum atomic E-state index is 14.5. The maximum absolute atomic E-state index is 14.5. The second kappa shape index (κ2) is 35.4. The number of aromatic carboxylic acids is 1. The number of imide groups is 1. The van der Waals surface area contributed by atoms with Crippen molar-refractivity contribution in [3.63, 3.8) is 0 Å². The van der Waals surface area contributed by atoms with Crippen LogP contribution in [0.4, 0.5) is 21.4 Å². The third kappa shape index (κ3) is 18.8. The summed E-state index contributed by atoms with van der Waals surface area (Å²) in [6, 6.07) is 16.3. The normalized spacial score (nSPS) is 25.7. The van der Waals surface area contributed by atoms with Crippen molar-refractivity contribution in [3.8, 4) is 11.1 Å². The highest BCUT2D eigenvalue weighted by atomic mass is 32.2. The molecule has 6 aromatic rings. The Kier molecular flexibility index (Phi) is 25.9. The number of likely N-dealkylation sites (tertiary alicyclic amines) is 1. The average Bonchev–Trinajstić information content (AvgIpc) is 1.50. The Bertz CT molecular complexity index is 5090. The van der Waals surface area contributed by atoms with E-state index in [0.717, 1.165) is 74.7 Å². The van der Waals surface area contributed by atoms with Gasteiger partial charge in [-0.1, -0.05) is 69.4 Å². The zero-order valence-electron chi connectivity index (χ0n) is 67.1. The first-order valence-electron chi connectivity index (χ1n) is 39.8. The molecule has 4 aliphatic carbocycles. The van der Waals surface area contributed by atoms with Crippen LogP contribution < -0.4 is 26.2 Å². The van der Waals surface area contributed by atoms with Crippen molar-refractivity contribution >= 4 is 108 Å². The summed E-state index contributed by atoms with van der Waals surface area (Å²) in [6.45, 7) is 9.62. The monoisotopic (exact) mass is 1700 g/mol. The number of aliphatic carboxylic acids is 1. The minimum atomic E-state index is -4.43. The molecule has 4 unspecified atom stereocenters. The van der Waals surface area contributed by atoms with E-state index in [9.17, 15) is 96.7 Å². The van der Waals surface area contributed by atoms with Gasteiger partial charge in [0.05, 0.1) is 79.0 Å². The zero-order chi connectivity index (χ0) is 86.2. The number of aryl methyl sites for hydroxylation is 1. The number of hydrogen-bond acceptors (Lipinski definition) is 26. The first-order valence-corrected chi connectivity index (χ1v) is 42.3. The zero-order valence-corrected chi connectivity index (χ0v) is 68.7. The number of fused-ring (bicyclic) bond motifs is 2. The number of rotatable bonds is 35. The van der Waals surface area contributed by atoms with Crippen molar-refractivity contribution in [1.82, 2.24) is 45.1 Å². The summed E-state index contributed by atoms with van der Waals surface area (Å²) in [7, 11) is -4.43. The number of nitrogens with one attached hydrogen (secondary N) is 4. The third-order valence-corrected chi connectivity index (χ3v) is 26.0. The highest BCUT2D eigenvalue weighted by Gasteiger charge is 2.74. The van der Waals surface area contributed by atoms with Gasteiger partial charge in [-0.2, -0.15) is 13.5 Å². The van der Waals surface area contributed by atoms with Gasteiger partial charge < -0.3 is 85.3 Å². The van der Waals surface area contributed by atoms with Gasteiger partial charge in [-0.25, -0.2) is 24.4 Å². The van der Waals surface area contributed by atoms with Crippen molar-refractivity contribution in [3.05, 3.63) is 130 Å². The van der Waals surface area contributed by atoms with E-state index in [1.54, 1.807) is 38.2 Å². The van der Waals surface area contributed by atoms with E-state index in [4.69, 9.17) is 29.0 Å². The molecular formula is C82H100N12O24S2. The van der Waals surface area contributed by atoms with Gasteiger partial charge in [0.25, 0.3) is 27.8 Å². The Morgan fingerprint density at radius 2 is 1.58 bits per heavy atom. The van der Waals surface area contributed by atoms with E-state index >= 15 is 0 Å². The Balaban J connectivity index is 0.659. The van der Waals surface area contributed by atoms with Crippen LogP contribution in [0.1, 0.15) is 135 Å². The van der Waals surface area contributed by atoms with Crippen LogP contribution in [0.25, 0.3) is 21.3 Å². The van der Waals surface area contributed by atoms with E-state index in [-0.39, 0.29) is 85.5 Å². The number of hydrogen-bond donors (Lipinski definition) is 12. The van der Waals surface area contributed by atoms with Crippen LogP contribution in [-0.4, -0.2) is 267 Å². The molecule has 4 bridgehead atoms. The largest absolute Gasteiger partial charge is 0.479 e. The number of para-hydroxylation sites is 1. The number of amides is 8. The summed E-state index contributed by atoms with van der Waals surface area (Å²) >= 11 is 1.38. The number of aliphatic hydroxyl groups is 5. The minimum absolute atomic E-state index is 0.0198. The molecule has 644 valence electrons. The number of thiazole rings is 1. The number of carbonyl (C=O) groups is 10. The number of aliphatic hydroxyl groups excluding tert-OH is 5. The lowest BCUT2D eigenvalue weighted by molar-refractivity contribution is -0.228. The van der Waals surface area contributed by atoms with Crippen molar-refractivity contribution < 1.29 is 116 Å². The predicted octanol–water partition coefficient (Wildman–Crippen LogP) is 3.75. The fourth-order valence-electron chi connectivity index (χ4n) is 19.0. The molecule has 8 amide bonds. The Morgan fingerprint density at radius 1 is 0.825 bits per heavy atom. The van der Waals surface area contributed by atoms with Gasteiger partial charge in [-0.05, 0) is 159 Å². The molecule has 38 heteroatoms. The number of benzene rings is 3. The number of carbonyl (C=O) groups excluding carboxylic acids is 8. The van der Waals surface area contributed by atoms with E-state index < -0.39 is 168 Å². The van der Waals surface area contributed by atoms with Crippen molar-refractivity contribution in [2.24, 2.45) is 22.2 Å². The summed E-state index contributed by atoms with van der Waals surface area (Å²) in [4.78, 5) is 149. The number of anilines is 3. The molecule has 0 radical (unpaired) electrons. The van der Waals surface area contributed by atoms with Crippen LogP contribution in [0.5, 0.6) is 0 Å². The van der Waals surface area contributed by atoms with E-state index in [0.29, 0.717) is 71.2 Å². The molecule has 12 N–H and O–H groups in total. The second-order valence-corrected chi connectivity index (χ2v) is 36.1.